The quantitative estimate of drug-likeness (QED) is 0.794. The van der Waals surface area contributed by atoms with Crippen LogP contribution in [-0.2, 0) is 13.0 Å². The average Bonchev–Trinajstić information content (AvgIpc) is 2.73. The maximum absolute atomic E-state index is 6.12. The first-order valence-corrected chi connectivity index (χ1v) is 5.74. The molecule has 1 aliphatic heterocycles. The van der Waals surface area contributed by atoms with Crippen molar-refractivity contribution in [1.29, 1.82) is 0 Å². The van der Waals surface area contributed by atoms with Crippen molar-refractivity contribution in [3.05, 3.63) is 40.8 Å². The number of nitrogens with zero attached hydrogens (tertiary/aromatic N) is 1. The number of pyridine rings is 1. The van der Waals surface area contributed by atoms with E-state index < -0.39 is 0 Å². The number of aromatic nitrogens is 2. The van der Waals surface area contributed by atoms with E-state index in [4.69, 9.17) is 11.6 Å². The fourth-order valence-electron chi connectivity index (χ4n) is 2.10. The summed E-state index contributed by atoms with van der Waals surface area (Å²) in [6.07, 6.45) is 4.49. The van der Waals surface area contributed by atoms with Crippen LogP contribution in [0.25, 0.3) is 11.3 Å². The monoisotopic (exact) mass is 233 g/mol. The zero-order valence-electron chi connectivity index (χ0n) is 8.76. The largest absolute Gasteiger partial charge is 0.358 e. The zero-order valence-corrected chi connectivity index (χ0v) is 9.51. The lowest BCUT2D eigenvalue weighted by Crippen LogP contribution is -2.22. The Morgan fingerprint density at radius 1 is 1.38 bits per heavy atom. The smallest absolute Gasteiger partial charge is 0.0682 e. The minimum absolute atomic E-state index is 0.689. The van der Waals surface area contributed by atoms with Gasteiger partial charge in [0, 0.05) is 48.9 Å². The van der Waals surface area contributed by atoms with Crippen LogP contribution >= 0.6 is 11.6 Å². The summed E-state index contributed by atoms with van der Waals surface area (Å²) in [5.41, 5.74) is 4.77. The molecule has 0 saturated heterocycles. The van der Waals surface area contributed by atoms with Crippen LogP contribution in [0.15, 0.2) is 24.5 Å². The Morgan fingerprint density at radius 3 is 3.12 bits per heavy atom. The zero-order chi connectivity index (χ0) is 11.0. The SMILES string of the molecule is Clc1cnccc1-c1cc2c([nH]1)CCNC2. The van der Waals surface area contributed by atoms with Crippen molar-refractivity contribution in [3.8, 4) is 11.3 Å². The van der Waals surface area contributed by atoms with Gasteiger partial charge in [-0.25, -0.2) is 0 Å². The number of nitrogens with one attached hydrogen (secondary N) is 2. The molecule has 16 heavy (non-hydrogen) atoms. The van der Waals surface area contributed by atoms with Crippen molar-refractivity contribution >= 4 is 11.6 Å². The summed E-state index contributed by atoms with van der Waals surface area (Å²) in [7, 11) is 0. The van der Waals surface area contributed by atoms with E-state index in [1.807, 2.05) is 6.07 Å². The Morgan fingerprint density at radius 2 is 2.31 bits per heavy atom. The van der Waals surface area contributed by atoms with E-state index in [0.717, 1.165) is 30.8 Å². The second-order valence-electron chi connectivity index (χ2n) is 3.97. The van der Waals surface area contributed by atoms with Gasteiger partial charge in [-0.15, -0.1) is 0 Å². The van der Waals surface area contributed by atoms with Crippen LogP contribution in [0.2, 0.25) is 5.02 Å². The van der Waals surface area contributed by atoms with Gasteiger partial charge < -0.3 is 10.3 Å². The molecule has 4 heteroatoms. The highest BCUT2D eigenvalue weighted by molar-refractivity contribution is 6.33. The van der Waals surface area contributed by atoms with Gasteiger partial charge in [0.15, 0.2) is 0 Å². The Bertz CT molecular complexity index is 495. The van der Waals surface area contributed by atoms with Crippen molar-refractivity contribution in [1.82, 2.24) is 15.3 Å². The lowest BCUT2D eigenvalue weighted by Gasteiger charge is -2.11. The Hall–Kier alpha value is -1.32. The van der Waals surface area contributed by atoms with Gasteiger partial charge in [0.25, 0.3) is 0 Å². The molecule has 2 aromatic heterocycles. The molecule has 0 unspecified atom stereocenters. The summed E-state index contributed by atoms with van der Waals surface area (Å²) >= 11 is 6.12. The fraction of sp³-hybridized carbons (Fsp3) is 0.250. The lowest BCUT2D eigenvalue weighted by atomic mass is 10.1. The third kappa shape index (κ3) is 1.62. The third-order valence-electron chi connectivity index (χ3n) is 2.92. The van der Waals surface area contributed by atoms with E-state index >= 15 is 0 Å². The van der Waals surface area contributed by atoms with Crippen LogP contribution < -0.4 is 5.32 Å². The van der Waals surface area contributed by atoms with E-state index in [1.165, 1.54) is 11.3 Å². The molecule has 1 aliphatic rings. The minimum Gasteiger partial charge on any atom is -0.358 e. The van der Waals surface area contributed by atoms with Crippen molar-refractivity contribution in [2.75, 3.05) is 6.54 Å². The molecule has 0 radical (unpaired) electrons. The third-order valence-corrected chi connectivity index (χ3v) is 3.22. The standard InChI is InChI=1S/C12H12ClN3/c13-10-7-15-3-1-9(10)12-5-8-6-14-4-2-11(8)16-12/h1,3,5,7,14,16H,2,4,6H2. The summed E-state index contributed by atoms with van der Waals surface area (Å²) in [5, 5.41) is 4.04. The van der Waals surface area contributed by atoms with Crippen molar-refractivity contribution in [3.63, 3.8) is 0 Å². The topological polar surface area (TPSA) is 40.7 Å². The molecule has 0 aromatic carbocycles. The normalized spacial score (nSPS) is 14.8. The second kappa shape index (κ2) is 3.92. The Balaban J connectivity index is 2.07. The molecule has 3 heterocycles. The summed E-state index contributed by atoms with van der Waals surface area (Å²) in [6.45, 7) is 1.98. The summed E-state index contributed by atoms with van der Waals surface area (Å²) in [6, 6.07) is 4.11. The minimum atomic E-state index is 0.689. The first-order chi connectivity index (χ1) is 7.84. The fourth-order valence-corrected chi connectivity index (χ4v) is 2.32. The van der Waals surface area contributed by atoms with Crippen LogP contribution in [0.3, 0.4) is 0 Å². The number of hydrogen-bond acceptors (Lipinski definition) is 2. The molecule has 0 spiro atoms. The van der Waals surface area contributed by atoms with Gasteiger partial charge in [-0.3, -0.25) is 4.98 Å². The van der Waals surface area contributed by atoms with Crippen molar-refractivity contribution in [2.24, 2.45) is 0 Å². The van der Waals surface area contributed by atoms with E-state index in [0.29, 0.717) is 5.02 Å². The second-order valence-corrected chi connectivity index (χ2v) is 4.38. The first kappa shape index (κ1) is 9.87. The maximum Gasteiger partial charge on any atom is 0.0682 e. The molecule has 0 fully saturated rings. The van der Waals surface area contributed by atoms with Gasteiger partial charge in [-0.2, -0.15) is 0 Å². The van der Waals surface area contributed by atoms with Crippen molar-refractivity contribution < 1.29 is 0 Å². The molecule has 2 N–H and O–H groups in total. The van der Waals surface area contributed by atoms with Crippen LogP contribution in [0.5, 0.6) is 0 Å². The van der Waals surface area contributed by atoms with Crippen LogP contribution in [-0.4, -0.2) is 16.5 Å². The molecule has 3 nitrogen and oxygen atoms in total. The summed E-state index contributed by atoms with van der Waals surface area (Å²) in [4.78, 5) is 7.43. The van der Waals surface area contributed by atoms with Gasteiger partial charge >= 0.3 is 0 Å². The molecular weight excluding hydrogens is 222 g/mol. The van der Waals surface area contributed by atoms with Crippen LogP contribution in [0.4, 0.5) is 0 Å². The number of halogens is 1. The molecule has 0 bridgehead atoms. The van der Waals surface area contributed by atoms with E-state index in [1.54, 1.807) is 12.4 Å². The van der Waals surface area contributed by atoms with Gasteiger partial charge in [0.2, 0.25) is 0 Å². The van der Waals surface area contributed by atoms with Crippen LogP contribution in [0.1, 0.15) is 11.3 Å². The Kier molecular flexibility index (Phi) is 2.42. The van der Waals surface area contributed by atoms with Gasteiger partial charge in [0.1, 0.15) is 0 Å². The predicted molar refractivity (Wildman–Crippen MR) is 64.4 cm³/mol. The van der Waals surface area contributed by atoms with E-state index in [9.17, 15) is 0 Å². The number of H-pyrrole nitrogens is 1. The van der Waals surface area contributed by atoms with E-state index in [-0.39, 0.29) is 0 Å². The Labute approximate surface area is 98.9 Å². The number of aromatic amines is 1. The molecular formula is C12H12ClN3. The predicted octanol–water partition coefficient (Wildman–Crippen LogP) is 2.38. The molecule has 2 aromatic rings. The highest BCUT2D eigenvalue weighted by Gasteiger charge is 2.14. The van der Waals surface area contributed by atoms with Gasteiger partial charge in [-0.05, 0) is 17.7 Å². The number of fused-ring (bicyclic) bond motifs is 1. The van der Waals surface area contributed by atoms with Crippen molar-refractivity contribution in [2.45, 2.75) is 13.0 Å². The van der Waals surface area contributed by atoms with Gasteiger partial charge in [0.05, 0.1) is 5.02 Å². The number of rotatable bonds is 1. The number of hydrogen-bond donors (Lipinski definition) is 2. The maximum atomic E-state index is 6.12. The van der Waals surface area contributed by atoms with E-state index in [2.05, 4.69) is 21.4 Å². The lowest BCUT2D eigenvalue weighted by molar-refractivity contribution is 0.638. The molecule has 0 saturated carbocycles. The molecule has 0 amide bonds. The molecule has 0 atom stereocenters. The average molecular weight is 234 g/mol. The van der Waals surface area contributed by atoms with Crippen LogP contribution in [0, 0.1) is 0 Å². The first-order valence-electron chi connectivity index (χ1n) is 5.36. The summed E-state index contributed by atoms with van der Waals surface area (Å²) in [5.74, 6) is 0. The van der Waals surface area contributed by atoms with Gasteiger partial charge in [-0.1, -0.05) is 11.6 Å². The molecule has 3 rings (SSSR count). The highest BCUT2D eigenvalue weighted by atomic mass is 35.5. The molecule has 82 valence electrons. The highest BCUT2D eigenvalue weighted by Crippen LogP contribution is 2.28. The summed E-state index contributed by atoms with van der Waals surface area (Å²) < 4.78 is 0. The molecule has 0 aliphatic carbocycles.